The van der Waals surface area contributed by atoms with Crippen LogP contribution < -0.4 is 5.73 Å². The number of allylic oxidation sites excluding steroid dienone is 1. The van der Waals surface area contributed by atoms with E-state index in [9.17, 15) is 4.79 Å². The molecule has 1 saturated carbocycles. The predicted octanol–water partition coefficient (Wildman–Crippen LogP) is 2.88. The van der Waals surface area contributed by atoms with Gasteiger partial charge in [-0.15, -0.1) is 0 Å². The zero-order chi connectivity index (χ0) is 16.4. The van der Waals surface area contributed by atoms with Crippen LogP contribution in [-0.2, 0) is 4.74 Å². The molecule has 23 heavy (non-hydrogen) atoms. The van der Waals surface area contributed by atoms with E-state index in [0.717, 1.165) is 29.7 Å². The van der Waals surface area contributed by atoms with Crippen LogP contribution >= 0.6 is 0 Å². The summed E-state index contributed by atoms with van der Waals surface area (Å²) in [4.78, 5) is 16.0. The molecule has 0 aromatic carbocycles. The van der Waals surface area contributed by atoms with Gasteiger partial charge in [-0.2, -0.15) is 5.10 Å². The maximum atomic E-state index is 11.6. The van der Waals surface area contributed by atoms with Crippen molar-refractivity contribution in [2.75, 3.05) is 7.11 Å². The second kappa shape index (κ2) is 6.40. The topological polar surface area (TPSA) is 82.5 Å². The van der Waals surface area contributed by atoms with Gasteiger partial charge in [0.25, 0.3) is 5.91 Å². The van der Waals surface area contributed by atoms with Gasteiger partial charge in [0, 0.05) is 17.7 Å². The summed E-state index contributed by atoms with van der Waals surface area (Å²) >= 11 is 0. The van der Waals surface area contributed by atoms with Crippen LogP contribution in [0.25, 0.3) is 11.2 Å². The molecule has 1 aliphatic rings. The number of nitrogens with zero attached hydrogens (tertiary/aromatic N) is 3. The van der Waals surface area contributed by atoms with Crippen molar-refractivity contribution in [1.82, 2.24) is 14.6 Å². The summed E-state index contributed by atoms with van der Waals surface area (Å²) in [5.74, 6) is -0.0934. The quantitative estimate of drug-likeness (QED) is 0.880. The van der Waals surface area contributed by atoms with Gasteiger partial charge in [0.2, 0.25) is 0 Å². The second-order valence-electron chi connectivity index (χ2n) is 6.09. The van der Waals surface area contributed by atoms with E-state index in [0.29, 0.717) is 17.1 Å². The van der Waals surface area contributed by atoms with Gasteiger partial charge in [0.05, 0.1) is 25.3 Å². The Hall–Kier alpha value is -2.37. The largest absolute Gasteiger partial charge is 0.504 e. The lowest BCUT2D eigenvalue weighted by Crippen LogP contribution is -2.15. The SMILES string of the molecule is CO/C=C(\C)c1cnc2c(C(N)=O)cnn2c1C1CCCCC1. The van der Waals surface area contributed by atoms with Crippen molar-refractivity contribution in [3.63, 3.8) is 0 Å². The summed E-state index contributed by atoms with van der Waals surface area (Å²) in [5, 5.41) is 4.40. The number of nitrogens with two attached hydrogens (primary N) is 1. The van der Waals surface area contributed by atoms with Crippen LogP contribution in [0.4, 0.5) is 0 Å². The molecule has 0 bridgehead atoms. The maximum Gasteiger partial charge on any atom is 0.254 e. The molecule has 0 unspecified atom stereocenters. The van der Waals surface area contributed by atoms with Gasteiger partial charge in [-0.05, 0) is 25.3 Å². The molecule has 2 heterocycles. The van der Waals surface area contributed by atoms with Gasteiger partial charge in [0.15, 0.2) is 5.65 Å². The van der Waals surface area contributed by atoms with Crippen LogP contribution in [0.5, 0.6) is 0 Å². The first-order valence-electron chi connectivity index (χ1n) is 8.00. The molecule has 6 heteroatoms. The van der Waals surface area contributed by atoms with Crippen LogP contribution in [0.15, 0.2) is 18.7 Å². The molecule has 0 atom stereocenters. The van der Waals surface area contributed by atoms with Crippen LogP contribution in [0.3, 0.4) is 0 Å². The summed E-state index contributed by atoms with van der Waals surface area (Å²) in [6.45, 7) is 2.00. The highest BCUT2D eigenvalue weighted by atomic mass is 16.5. The van der Waals surface area contributed by atoms with Gasteiger partial charge < -0.3 is 10.5 Å². The zero-order valence-corrected chi connectivity index (χ0v) is 13.6. The molecule has 6 nitrogen and oxygen atoms in total. The molecule has 2 aromatic rings. The van der Waals surface area contributed by atoms with Crippen LogP contribution in [0.1, 0.15) is 66.6 Å². The standard InChI is InChI=1S/C17H22N4O2/c1-11(10-23-2)13-8-19-17-14(16(18)22)9-20-21(17)15(13)12-6-4-3-5-7-12/h8-10,12H,3-7H2,1-2H3,(H2,18,22)/b11-10+. The first kappa shape index (κ1) is 15.5. The number of hydrogen-bond donors (Lipinski definition) is 1. The highest BCUT2D eigenvalue weighted by Crippen LogP contribution is 2.36. The van der Waals surface area contributed by atoms with Crippen LogP contribution in [0, 0.1) is 0 Å². The molecular formula is C17H22N4O2. The Labute approximate surface area is 135 Å². The molecule has 2 N–H and O–H groups in total. The minimum Gasteiger partial charge on any atom is -0.504 e. The summed E-state index contributed by atoms with van der Waals surface area (Å²) in [6, 6.07) is 0. The third kappa shape index (κ3) is 2.81. The van der Waals surface area contributed by atoms with Crippen molar-refractivity contribution in [2.24, 2.45) is 5.73 Å². The van der Waals surface area contributed by atoms with E-state index in [-0.39, 0.29) is 0 Å². The fourth-order valence-corrected chi connectivity index (χ4v) is 3.44. The van der Waals surface area contributed by atoms with Crippen molar-refractivity contribution in [3.05, 3.63) is 35.5 Å². The lowest BCUT2D eigenvalue weighted by molar-refractivity contribution is 0.100. The van der Waals surface area contributed by atoms with Gasteiger partial charge in [0.1, 0.15) is 5.56 Å². The van der Waals surface area contributed by atoms with Crippen molar-refractivity contribution >= 4 is 17.1 Å². The molecule has 0 spiro atoms. The van der Waals surface area contributed by atoms with Crippen LogP contribution in [0.2, 0.25) is 0 Å². The highest BCUT2D eigenvalue weighted by Gasteiger charge is 2.25. The Morgan fingerprint density at radius 3 is 2.70 bits per heavy atom. The minimum atomic E-state index is -0.501. The van der Waals surface area contributed by atoms with Crippen molar-refractivity contribution in [2.45, 2.75) is 44.9 Å². The Balaban J connectivity index is 2.22. The Bertz CT molecular complexity index is 757. The average molecular weight is 314 g/mol. The van der Waals surface area contributed by atoms with E-state index >= 15 is 0 Å². The van der Waals surface area contributed by atoms with Gasteiger partial charge >= 0.3 is 0 Å². The van der Waals surface area contributed by atoms with E-state index in [2.05, 4.69) is 10.1 Å². The van der Waals surface area contributed by atoms with E-state index < -0.39 is 5.91 Å². The fourth-order valence-electron chi connectivity index (χ4n) is 3.44. The first-order valence-corrected chi connectivity index (χ1v) is 8.00. The molecule has 3 rings (SSSR count). The summed E-state index contributed by atoms with van der Waals surface area (Å²) in [6.07, 6.45) is 11.0. The lowest BCUT2D eigenvalue weighted by atomic mass is 9.84. The van der Waals surface area contributed by atoms with Gasteiger partial charge in [-0.1, -0.05) is 19.3 Å². The lowest BCUT2D eigenvalue weighted by Gasteiger charge is -2.25. The molecule has 2 aromatic heterocycles. The number of fused-ring (bicyclic) bond motifs is 1. The molecule has 1 fully saturated rings. The number of methoxy groups -OCH3 is 1. The van der Waals surface area contributed by atoms with Crippen molar-refractivity contribution in [1.29, 1.82) is 0 Å². The fraction of sp³-hybridized carbons (Fsp3) is 0.471. The van der Waals surface area contributed by atoms with E-state index in [1.165, 1.54) is 25.5 Å². The predicted molar refractivity (Wildman–Crippen MR) is 88.0 cm³/mol. The van der Waals surface area contributed by atoms with Crippen molar-refractivity contribution in [3.8, 4) is 0 Å². The van der Waals surface area contributed by atoms with Gasteiger partial charge in [-0.3, -0.25) is 4.79 Å². The Kier molecular flexibility index (Phi) is 4.32. The number of amides is 1. The summed E-state index contributed by atoms with van der Waals surface area (Å²) in [7, 11) is 1.63. The van der Waals surface area contributed by atoms with Crippen molar-refractivity contribution < 1.29 is 9.53 Å². The average Bonchev–Trinajstić information content (AvgIpc) is 2.99. The Morgan fingerprint density at radius 1 is 1.30 bits per heavy atom. The number of primary amides is 1. The minimum absolute atomic E-state index is 0.363. The third-order valence-electron chi connectivity index (χ3n) is 4.54. The number of ether oxygens (including phenoxy) is 1. The maximum absolute atomic E-state index is 11.6. The van der Waals surface area contributed by atoms with Crippen LogP contribution in [-0.4, -0.2) is 27.6 Å². The molecular weight excluding hydrogens is 292 g/mol. The molecule has 0 aliphatic heterocycles. The molecule has 1 amide bonds. The number of aromatic nitrogens is 3. The molecule has 0 saturated heterocycles. The summed E-state index contributed by atoms with van der Waals surface area (Å²) < 4.78 is 6.95. The smallest absolute Gasteiger partial charge is 0.254 e. The Morgan fingerprint density at radius 2 is 2.04 bits per heavy atom. The van der Waals surface area contributed by atoms with Gasteiger partial charge in [-0.25, -0.2) is 9.50 Å². The molecule has 1 aliphatic carbocycles. The number of rotatable bonds is 4. The van der Waals surface area contributed by atoms with E-state index in [1.807, 2.05) is 6.92 Å². The highest BCUT2D eigenvalue weighted by molar-refractivity contribution is 5.98. The normalized spacial score (nSPS) is 16.7. The van der Waals surface area contributed by atoms with E-state index in [4.69, 9.17) is 10.5 Å². The monoisotopic (exact) mass is 314 g/mol. The first-order chi connectivity index (χ1) is 11.1. The number of hydrogen-bond acceptors (Lipinski definition) is 4. The second-order valence-corrected chi connectivity index (χ2v) is 6.09. The van der Waals surface area contributed by atoms with E-state index in [1.54, 1.807) is 24.1 Å². The molecule has 0 radical (unpaired) electrons. The summed E-state index contributed by atoms with van der Waals surface area (Å²) in [5.41, 5.74) is 9.45. The number of carbonyl (C=O) groups excluding carboxylic acids is 1. The zero-order valence-electron chi connectivity index (χ0n) is 13.6. The molecule has 122 valence electrons. The third-order valence-corrected chi connectivity index (χ3v) is 4.54. The number of carbonyl (C=O) groups is 1.